The van der Waals surface area contributed by atoms with Gasteiger partial charge in [0.25, 0.3) is 5.91 Å². The maximum Gasteiger partial charge on any atom is 0.274 e. The van der Waals surface area contributed by atoms with Gasteiger partial charge in [0, 0.05) is 12.2 Å². The number of morpholine rings is 1. The third kappa shape index (κ3) is 3.60. The highest BCUT2D eigenvalue weighted by Crippen LogP contribution is 2.22. The van der Waals surface area contributed by atoms with Crippen LogP contribution >= 0.6 is 0 Å². The van der Waals surface area contributed by atoms with E-state index in [4.69, 9.17) is 4.74 Å². The summed E-state index contributed by atoms with van der Waals surface area (Å²) in [7, 11) is 0. The summed E-state index contributed by atoms with van der Waals surface area (Å²) in [4.78, 5) is 14.7. The van der Waals surface area contributed by atoms with Crippen molar-refractivity contribution in [3.63, 3.8) is 0 Å². The number of aliphatic hydroxyl groups is 1. The highest BCUT2D eigenvalue weighted by molar-refractivity contribution is 5.92. The molecule has 0 spiro atoms. The van der Waals surface area contributed by atoms with Crippen LogP contribution in [0, 0.1) is 0 Å². The lowest BCUT2D eigenvalue weighted by Crippen LogP contribution is -2.52. The molecule has 1 fully saturated rings. The standard InChI is InChI=1S/C19H25N3O3/c1-13(2)18-9-17(20-22(18)15-7-5-4-6-8-15)19(24)21-10-16(11-23)25-12-14(21)3/h4-9,13-14,16,23H,10-12H2,1-3H3. The zero-order valence-electron chi connectivity index (χ0n) is 14.9. The van der Waals surface area contributed by atoms with Crippen LogP contribution in [0.3, 0.4) is 0 Å². The number of ether oxygens (including phenoxy) is 1. The molecule has 6 heteroatoms. The molecule has 1 amide bonds. The van der Waals surface area contributed by atoms with Crippen molar-refractivity contribution in [2.24, 2.45) is 0 Å². The molecule has 1 aromatic carbocycles. The second-order valence-electron chi connectivity index (χ2n) is 6.80. The van der Waals surface area contributed by atoms with Gasteiger partial charge in [0.05, 0.1) is 31.0 Å². The average molecular weight is 343 g/mol. The largest absolute Gasteiger partial charge is 0.394 e. The molecule has 1 saturated heterocycles. The van der Waals surface area contributed by atoms with Gasteiger partial charge in [-0.05, 0) is 31.0 Å². The summed E-state index contributed by atoms with van der Waals surface area (Å²) < 4.78 is 7.36. The van der Waals surface area contributed by atoms with Crippen LogP contribution in [0.5, 0.6) is 0 Å². The number of hydrogen-bond acceptors (Lipinski definition) is 4. The van der Waals surface area contributed by atoms with Gasteiger partial charge < -0.3 is 14.7 Å². The number of nitrogens with zero attached hydrogens (tertiary/aromatic N) is 3. The maximum absolute atomic E-state index is 13.0. The number of aromatic nitrogens is 2. The van der Waals surface area contributed by atoms with Crippen LogP contribution in [0.15, 0.2) is 36.4 Å². The molecule has 2 heterocycles. The normalized spacial score (nSPS) is 20.9. The van der Waals surface area contributed by atoms with Gasteiger partial charge in [0.15, 0.2) is 5.69 Å². The van der Waals surface area contributed by atoms with Crippen LogP contribution < -0.4 is 0 Å². The number of para-hydroxylation sites is 1. The fourth-order valence-electron chi connectivity index (χ4n) is 3.05. The molecule has 2 atom stereocenters. The van der Waals surface area contributed by atoms with Crippen molar-refractivity contribution in [1.82, 2.24) is 14.7 Å². The Hall–Kier alpha value is -2.18. The highest BCUT2D eigenvalue weighted by atomic mass is 16.5. The van der Waals surface area contributed by atoms with Crippen LogP contribution in [0.4, 0.5) is 0 Å². The first kappa shape index (κ1) is 17.6. The predicted octanol–water partition coefficient (Wildman–Crippen LogP) is 2.22. The van der Waals surface area contributed by atoms with Crippen molar-refractivity contribution in [1.29, 1.82) is 0 Å². The van der Waals surface area contributed by atoms with E-state index in [1.165, 1.54) is 0 Å². The second kappa shape index (κ2) is 7.37. The number of benzene rings is 1. The monoisotopic (exact) mass is 343 g/mol. The van der Waals surface area contributed by atoms with Gasteiger partial charge in [-0.3, -0.25) is 4.79 Å². The van der Waals surface area contributed by atoms with Crippen LogP contribution in [-0.4, -0.2) is 57.6 Å². The molecule has 3 rings (SSSR count). The van der Waals surface area contributed by atoms with E-state index in [-0.39, 0.29) is 30.6 Å². The third-order valence-electron chi connectivity index (χ3n) is 4.52. The molecule has 2 unspecified atom stereocenters. The Bertz CT molecular complexity index is 727. The molecule has 0 saturated carbocycles. The first-order chi connectivity index (χ1) is 12.0. The Morgan fingerprint density at radius 1 is 1.36 bits per heavy atom. The van der Waals surface area contributed by atoms with Crippen molar-refractivity contribution < 1.29 is 14.6 Å². The van der Waals surface area contributed by atoms with Gasteiger partial charge in [-0.2, -0.15) is 5.10 Å². The number of hydrogen-bond donors (Lipinski definition) is 1. The smallest absolute Gasteiger partial charge is 0.274 e. The molecule has 1 aromatic heterocycles. The van der Waals surface area contributed by atoms with E-state index in [1.54, 1.807) is 4.90 Å². The number of carbonyl (C=O) groups excluding carboxylic acids is 1. The lowest BCUT2D eigenvalue weighted by molar-refractivity contribution is -0.0668. The van der Waals surface area contributed by atoms with Gasteiger partial charge in [-0.25, -0.2) is 4.68 Å². The Balaban J connectivity index is 1.93. The minimum Gasteiger partial charge on any atom is -0.394 e. The highest BCUT2D eigenvalue weighted by Gasteiger charge is 2.31. The molecule has 25 heavy (non-hydrogen) atoms. The minimum absolute atomic E-state index is 0.0420. The first-order valence-corrected chi connectivity index (χ1v) is 8.70. The van der Waals surface area contributed by atoms with Crippen molar-refractivity contribution in [2.45, 2.75) is 38.8 Å². The topological polar surface area (TPSA) is 67.6 Å². The quantitative estimate of drug-likeness (QED) is 0.924. The van der Waals surface area contributed by atoms with Gasteiger partial charge in [-0.15, -0.1) is 0 Å². The number of amides is 1. The second-order valence-corrected chi connectivity index (χ2v) is 6.80. The first-order valence-electron chi connectivity index (χ1n) is 8.70. The summed E-state index contributed by atoms with van der Waals surface area (Å²) in [5.41, 5.74) is 2.36. The van der Waals surface area contributed by atoms with Crippen molar-refractivity contribution >= 4 is 5.91 Å². The van der Waals surface area contributed by atoms with E-state index in [2.05, 4.69) is 18.9 Å². The van der Waals surface area contributed by atoms with E-state index in [1.807, 2.05) is 48.0 Å². The van der Waals surface area contributed by atoms with Crippen LogP contribution in [0.1, 0.15) is 42.9 Å². The maximum atomic E-state index is 13.0. The number of aliphatic hydroxyl groups excluding tert-OH is 1. The summed E-state index contributed by atoms with van der Waals surface area (Å²) >= 11 is 0. The molecule has 134 valence electrons. The zero-order chi connectivity index (χ0) is 18.0. The molecule has 0 bridgehead atoms. The predicted molar refractivity (Wildman–Crippen MR) is 95.0 cm³/mol. The molecule has 1 aliphatic heterocycles. The van der Waals surface area contributed by atoms with E-state index >= 15 is 0 Å². The van der Waals surface area contributed by atoms with E-state index in [0.29, 0.717) is 18.8 Å². The fourth-order valence-corrected chi connectivity index (χ4v) is 3.05. The summed E-state index contributed by atoms with van der Waals surface area (Å²) in [5, 5.41) is 13.9. The third-order valence-corrected chi connectivity index (χ3v) is 4.52. The zero-order valence-corrected chi connectivity index (χ0v) is 14.9. The lowest BCUT2D eigenvalue weighted by Gasteiger charge is -2.37. The lowest BCUT2D eigenvalue weighted by atomic mass is 10.1. The number of rotatable bonds is 4. The Morgan fingerprint density at radius 3 is 2.72 bits per heavy atom. The summed E-state index contributed by atoms with van der Waals surface area (Å²) in [6.45, 7) is 6.84. The summed E-state index contributed by atoms with van der Waals surface area (Å²) in [5.74, 6) is 0.118. The molecule has 1 N–H and O–H groups in total. The van der Waals surface area contributed by atoms with E-state index in [0.717, 1.165) is 11.4 Å². The Labute approximate surface area is 148 Å². The molecule has 0 aliphatic carbocycles. The SMILES string of the molecule is CC(C)c1cc(C(=O)N2CC(CO)OCC2C)nn1-c1ccccc1. The fraction of sp³-hybridized carbons (Fsp3) is 0.474. The minimum atomic E-state index is -0.332. The molecule has 2 aromatic rings. The Morgan fingerprint density at radius 2 is 2.08 bits per heavy atom. The molecular weight excluding hydrogens is 318 g/mol. The van der Waals surface area contributed by atoms with Crippen LogP contribution in [-0.2, 0) is 4.74 Å². The van der Waals surface area contributed by atoms with Crippen LogP contribution in [0.25, 0.3) is 5.69 Å². The van der Waals surface area contributed by atoms with Gasteiger partial charge in [0.2, 0.25) is 0 Å². The molecule has 0 radical (unpaired) electrons. The van der Waals surface area contributed by atoms with E-state index in [9.17, 15) is 9.90 Å². The van der Waals surface area contributed by atoms with Crippen molar-refractivity contribution in [2.75, 3.05) is 19.8 Å². The molecule has 1 aliphatic rings. The van der Waals surface area contributed by atoms with Crippen LogP contribution in [0.2, 0.25) is 0 Å². The van der Waals surface area contributed by atoms with Gasteiger partial charge in [-0.1, -0.05) is 32.0 Å². The van der Waals surface area contributed by atoms with Gasteiger partial charge in [0.1, 0.15) is 0 Å². The molecule has 6 nitrogen and oxygen atoms in total. The summed E-state index contributed by atoms with van der Waals surface area (Å²) in [6.07, 6.45) is -0.332. The Kier molecular flexibility index (Phi) is 5.20. The summed E-state index contributed by atoms with van der Waals surface area (Å²) in [6, 6.07) is 11.7. The molecular formula is C19H25N3O3. The number of carbonyl (C=O) groups is 1. The average Bonchev–Trinajstić information content (AvgIpc) is 3.08. The van der Waals surface area contributed by atoms with Crippen molar-refractivity contribution in [3.8, 4) is 5.69 Å². The van der Waals surface area contributed by atoms with Crippen molar-refractivity contribution in [3.05, 3.63) is 47.8 Å². The van der Waals surface area contributed by atoms with Gasteiger partial charge >= 0.3 is 0 Å². The van der Waals surface area contributed by atoms with E-state index < -0.39 is 0 Å².